The van der Waals surface area contributed by atoms with Crippen LogP contribution >= 0.6 is 0 Å². The molecule has 0 radical (unpaired) electrons. The molecule has 4 rings (SSSR count). The number of halogens is 1. The average molecular weight is 397 g/mol. The first-order chi connectivity index (χ1) is 14.1. The van der Waals surface area contributed by atoms with Gasteiger partial charge in [0.1, 0.15) is 5.82 Å². The first kappa shape index (κ1) is 19.7. The van der Waals surface area contributed by atoms with Crippen LogP contribution < -0.4 is 15.5 Å². The zero-order valence-electron chi connectivity index (χ0n) is 17.0. The van der Waals surface area contributed by atoms with E-state index in [-0.39, 0.29) is 17.8 Å². The summed E-state index contributed by atoms with van der Waals surface area (Å²) in [5.74, 6) is -0.484. The average Bonchev–Trinajstić information content (AvgIpc) is 2.74. The Kier molecular flexibility index (Phi) is 6.00. The number of amides is 1. The summed E-state index contributed by atoms with van der Waals surface area (Å²) in [6.07, 6.45) is 2.33. The van der Waals surface area contributed by atoms with E-state index < -0.39 is 0 Å². The molecule has 2 aromatic rings. The quantitative estimate of drug-likeness (QED) is 0.815. The normalized spacial score (nSPS) is 17.9. The molecule has 2 aliphatic heterocycles. The van der Waals surface area contributed by atoms with Crippen molar-refractivity contribution in [2.45, 2.75) is 25.8 Å². The summed E-state index contributed by atoms with van der Waals surface area (Å²) in [7, 11) is 0. The number of rotatable bonds is 5. The minimum atomic E-state index is -0.331. The number of nitrogens with zero attached hydrogens (tertiary/aromatic N) is 2. The summed E-state index contributed by atoms with van der Waals surface area (Å²) < 4.78 is 13.0. The summed E-state index contributed by atoms with van der Waals surface area (Å²) in [6, 6.07) is 12.3. The fourth-order valence-corrected chi connectivity index (χ4v) is 4.30. The van der Waals surface area contributed by atoms with Crippen molar-refractivity contribution in [3.05, 3.63) is 59.4 Å². The van der Waals surface area contributed by atoms with Crippen LogP contribution in [0.25, 0.3) is 0 Å². The van der Waals surface area contributed by atoms with E-state index in [1.807, 2.05) is 6.92 Å². The van der Waals surface area contributed by atoms with Crippen LogP contribution in [0.1, 0.15) is 29.3 Å². The van der Waals surface area contributed by atoms with Crippen LogP contribution in [-0.4, -0.2) is 56.1 Å². The molecule has 154 valence electrons. The van der Waals surface area contributed by atoms with Crippen LogP contribution in [0.3, 0.4) is 0 Å². The number of carbonyl (C=O) groups excluding carboxylic acids is 1. The van der Waals surface area contributed by atoms with Gasteiger partial charge in [0.25, 0.3) is 5.91 Å². The molecule has 0 saturated carbocycles. The molecule has 2 heterocycles. The van der Waals surface area contributed by atoms with Gasteiger partial charge in [-0.15, -0.1) is 0 Å². The topological polar surface area (TPSA) is 47.6 Å². The highest BCUT2D eigenvalue weighted by atomic mass is 19.1. The molecule has 29 heavy (non-hydrogen) atoms. The molecule has 6 heteroatoms. The lowest BCUT2D eigenvalue weighted by Crippen LogP contribution is -2.51. The Morgan fingerprint density at radius 2 is 1.90 bits per heavy atom. The second kappa shape index (κ2) is 8.82. The lowest BCUT2D eigenvalue weighted by Gasteiger charge is -2.38. The molecular formula is C23H29FN4O. The van der Waals surface area contributed by atoms with Gasteiger partial charge in [0.15, 0.2) is 0 Å². The monoisotopic (exact) mass is 396 g/mol. The number of piperazine rings is 1. The third kappa shape index (κ3) is 4.70. The van der Waals surface area contributed by atoms with E-state index in [1.165, 1.54) is 47.6 Å². The molecule has 2 N–H and O–H groups in total. The minimum absolute atomic E-state index is 0.0350. The second-order valence-corrected chi connectivity index (χ2v) is 8.00. The Hall–Kier alpha value is -2.60. The molecule has 0 bridgehead atoms. The van der Waals surface area contributed by atoms with Crippen LogP contribution in [0.2, 0.25) is 0 Å². The van der Waals surface area contributed by atoms with Crippen molar-refractivity contribution < 1.29 is 9.18 Å². The molecule has 0 aliphatic carbocycles. The van der Waals surface area contributed by atoms with E-state index in [1.54, 1.807) is 0 Å². The van der Waals surface area contributed by atoms with Crippen molar-refractivity contribution in [2.75, 3.05) is 49.5 Å². The number of hydrogen-bond donors (Lipinski definition) is 2. The van der Waals surface area contributed by atoms with Gasteiger partial charge in [0.05, 0.1) is 0 Å². The van der Waals surface area contributed by atoms with E-state index in [9.17, 15) is 9.18 Å². The Balaban J connectivity index is 1.29. The van der Waals surface area contributed by atoms with E-state index >= 15 is 0 Å². The highest BCUT2D eigenvalue weighted by Gasteiger charge is 2.23. The van der Waals surface area contributed by atoms with Gasteiger partial charge in [-0.3, -0.25) is 9.69 Å². The van der Waals surface area contributed by atoms with E-state index in [0.717, 1.165) is 45.7 Å². The molecule has 2 aliphatic rings. The molecule has 1 saturated heterocycles. The summed E-state index contributed by atoms with van der Waals surface area (Å²) in [6.45, 7) is 7.85. The first-order valence-electron chi connectivity index (χ1n) is 10.5. The molecule has 2 aromatic carbocycles. The van der Waals surface area contributed by atoms with Crippen LogP contribution in [-0.2, 0) is 6.42 Å². The van der Waals surface area contributed by atoms with Crippen LogP contribution in [0, 0.1) is 5.82 Å². The lowest BCUT2D eigenvalue weighted by molar-refractivity contribution is 0.0928. The summed E-state index contributed by atoms with van der Waals surface area (Å²) >= 11 is 0. The molecule has 1 amide bonds. The number of carbonyl (C=O) groups is 1. The maximum Gasteiger partial charge on any atom is 0.251 e. The third-order valence-corrected chi connectivity index (χ3v) is 5.80. The number of nitrogens with one attached hydrogen (secondary N) is 2. The maximum atomic E-state index is 13.0. The van der Waals surface area contributed by atoms with E-state index in [0.29, 0.717) is 5.56 Å². The summed E-state index contributed by atoms with van der Waals surface area (Å²) in [5, 5.41) is 6.54. The summed E-state index contributed by atoms with van der Waals surface area (Å²) in [5.41, 5.74) is 4.60. The van der Waals surface area contributed by atoms with Crippen LogP contribution in [0.5, 0.6) is 0 Å². The Bertz CT molecular complexity index is 846. The van der Waals surface area contributed by atoms with Crippen molar-refractivity contribution in [3.8, 4) is 0 Å². The molecule has 0 spiro atoms. The lowest BCUT2D eigenvalue weighted by atomic mass is 10.0. The largest absolute Gasteiger partial charge is 0.385 e. The highest BCUT2D eigenvalue weighted by Crippen LogP contribution is 2.32. The minimum Gasteiger partial charge on any atom is -0.385 e. The Morgan fingerprint density at radius 1 is 1.14 bits per heavy atom. The maximum absolute atomic E-state index is 13.0. The number of benzene rings is 2. The van der Waals surface area contributed by atoms with Gasteiger partial charge in [0.2, 0.25) is 0 Å². The molecule has 1 fully saturated rings. The van der Waals surface area contributed by atoms with Gasteiger partial charge >= 0.3 is 0 Å². The van der Waals surface area contributed by atoms with Crippen molar-refractivity contribution in [3.63, 3.8) is 0 Å². The molecule has 0 unspecified atom stereocenters. The molecule has 0 aromatic heterocycles. The number of fused-ring (bicyclic) bond motifs is 1. The molecule has 5 nitrogen and oxygen atoms in total. The SMILES string of the molecule is C[C@H](CN1CCN(c2cccc3c2CCCN3)CC1)NC(=O)c1ccc(F)cc1. The Morgan fingerprint density at radius 3 is 2.66 bits per heavy atom. The predicted octanol–water partition coefficient (Wildman–Crippen LogP) is 3.12. The number of anilines is 2. The fourth-order valence-electron chi connectivity index (χ4n) is 4.30. The van der Waals surface area contributed by atoms with Crippen LogP contribution in [0.15, 0.2) is 42.5 Å². The Labute approximate surface area is 171 Å². The van der Waals surface area contributed by atoms with Gasteiger partial charge in [-0.1, -0.05) is 6.07 Å². The van der Waals surface area contributed by atoms with Crippen molar-refractivity contribution >= 4 is 17.3 Å². The first-order valence-corrected chi connectivity index (χ1v) is 10.5. The van der Waals surface area contributed by atoms with Gasteiger partial charge < -0.3 is 15.5 Å². The zero-order chi connectivity index (χ0) is 20.2. The van der Waals surface area contributed by atoms with Crippen molar-refractivity contribution in [1.29, 1.82) is 0 Å². The van der Waals surface area contributed by atoms with Gasteiger partial charge in [-0.05, 0) is 61.7 Å². The summed E-state index contributed by atoms with van der Waals surface area (Å²) in [4.78, 5) is 17.2. The van der Waals surface area contributed by atoms with Crippen molar-refractivity contribution in [1.82, 2.24) is 10.2 Å². The number of hydrogen-bond acceptors (Lipinski definition) is 4. The zero-order valence-corrected chi connectivity index (χ0v) is 17.0. The van der Waals surface area contributed by atoms with E-state index in [2.05, 4.69) is 38.6 Å². The highest BCUT2D eigenvalue weighted by molar-refractivity contribution is 5.94. The van der Waals surface area contributed by atoms with Gasteiger partial charge in [0, 0.05) is 62.2 Å². The predicted molar refractivity (Wildman–Crippen MR) is 115 cm³/mol. The smallest absolute Gasteiger partial charge is 0.251 e. The standard InChI is InChI=1S/C23H29FN4O/c1-17(26-23(29)18-7-9-19(24)10-8-18)16-27-12-14-28(15-13-27)22-6-2-5-21-20(22)4-3-11-25-21/h2,5-10,17,25H,3-4,11-16H2,1H3,(H,26,29)/t17-/m1/s1. The molecule has 1 atom stereocenters. The van der Waals surface area contributed by atoms with Crippen molar-refractivity contribution in [2.24, 2.45) is 0 Å². The second-order valence-electron chi connectivity index (χ2n) is 8.00. The van der Waals surface area contributed by atoms with Gasteiger partial charge in [-0.25, -0.2) is 4.39 Å². The van der Waals surface area contributed by atoms with Gasteiger partial charge in [-0.2, -0.15) is 0 Å². The third-order valence-electron chi connectivity index (χ3n) is 5.80. The van der Waals surface area contributed by atoms with E-state index in [4.69, 9.17) is 0 Å². The fraction of sp³-hybridized carbons (Fsp3) is 0.435. The van der Waals surface area contributed by atoms with Crippen LogP contribution in [0.4, 0.5) is 15.8 Å². The molecular weight excluding hydrogens is 367 g/mol.